The zero-order chi connectivity index (χ0) is 15.6. The van der Waals surface area contributed by atoms with E-state index in [-0.39, 0.29) is 0 Å². The van der Waals surface area contributed by atoms with Crippen molar-refractivity contribution in [2.45, 2.75) is 58.0 Å². The van der Waals surface area contributed by atoms with Crippen LogP contribution in [0.15, 0.2) is 24.3 Å². The van der Waals surface area contributed by atoms with Crippen LogP contribution in [0, 0.1) is 5.92 Å². The van der Waals surface area contributed by atoms with E-state index in [1.165, 1.54) is 24.0 Å². The molecule has 1 aliphatic rings. The van der Waals surface area contributed by atoms with Crippen molar-refractivity contribution in [3.05, 3.63) is 35.4 Å². The average molecular weight is 288 g/mol. The van der Waals surface area contributed by atoms with E-state index >= 15 is 0 Å². The summed E-state index contributed by atoms with van der Waals surface area (Å²) < 4.78 is 0. The Hall–Kier alpha value is -0.860. The lowest BCUT2D eigenvalue weighted by atomic mass is 9.71. The standard InChI is InChI=1S/C19H32N2/c1-14(2)18(21(5)6)13-20-17-11-12-19(3,4)16-10-8-7-9-15(16)17/h7-10,14,17-18,20H,11-13H2,1-6H3. The Morgan fingerprint density at radius 1 is 1.24 bits per heavy atom. The number of likely N-dealkylation sites (N-methyl/N-ethyl adjacent to an activating group) is 1. The molecule has 0 bridgehead atoms. The van der Waals surface area contributed by atoms with Gasteiger partial charge in [0.15, 0.2) is 0 Å². The van der Waals surface area contributed by atoms with Crippen molar-refractivity contribution in [3.8, 4) is 0 Å². The number of benzene rings is 1. The molecule has 0 heterocycles. The summed E-state index contributed by atoms with van der Waals surface area (Å²) in [4.78, 5) is 2.34. The van der Waals surface area contributed by atoms with Crippen LogP contribution in [0.1, 0.15) is 57.7 Å². The van der Waals surface area contributed by atoms with E-state index in [1.54, 1.807) is 0 Å². The van der Waals surface area contributed by atoms with Crippen LogP contribution in [0.2, 0.25) is 0 Å². The molecule has 0 saturated carbocycles. The minimum Gasteiger partial charge on any atom is -0.308 e. The van der Waals surface area contributed by atoms with Crippen LogP contribution >= 0.6 is 0 Å². The van der Waals surface area contributed by atoms with Gasteiger partial charge in [0, 0.05) is 18.6 Å². The molecule has 2 unspecified atom stereocenters. The number of nitrogens with one attached hydrogen (secondary N) is 1. The van der Waals surface area contributed by atoms with Gasteiger partial charge < -0.3 is 10.2 Å². The van der Waals surface area contributed by atoms with Crippen molar-refractivity contribution < 1.29 is 0 Å². The first-order valence-electron chi connectivity index (χ1n) is 8.32. The van der Waals surface area contributed by atoms with Gasteiger partial charge in [-0.05, 0) is 49.4 Å². The summed E-state index contributed by atoms with van der Waals surface area (Å²) in [5.74, 6) is 0.669. The molecule has 1 N–H and O–H groups in total. The minimum absolute atomic E-state index is 0.313. The Kier molecular flexibility index (Phi) is 5.11. The van der Waals surface area contributed by atoms with Gasteiger partial charge >= 0.3 is 0 Å². The maximum atomic E-state index is 3.84. The van der Waals surface area contributed by atoms with Crippen molar-refractivity contribution in [2.24, 2.45) is 5.92 Å². The van der Waals surface area contributed by atoms with E-state index in [4.69, 9.17) is 0 Å². The van der Waals surface area contributed by atoms with Gasteiger partial charge in [-0.25, -0.2) is 0 Å². The van der Waals surface area contributed by atoms with Crippen molar-refractivity contribution >= 4 is 0 Å². The van der Waals surface area contributed by atoms with Crippen LogP contribution in [0.4, 0.5) is 0 Å². The van der Waals surface area contributed by atoms with Crippen LogP contribution in [-0.2, 0) is 5.41 Å². The van der Waals surface area contributed by atoms with Gasteiger partial charge in [0.05, 0.1) is 0 Å². The van der Waals surface area contributed by atoms with Gasteiger partial charge in [-0.15, -0.1) is 0 Å². The van der Waals surface area contributed by atoms with Gasteiger partial charge in [-0.3, -0.25) is 0 Å². The van der Waals surface area contributed by atoms with Crippen molar-refractivity contribution in [1.82, 2.24) is 10.2 Å². The predicted molar refractivity (Wildman–Crippen MR) is 91.8 cm³/mol. The number of nitrogens with zero attached hydrogens (tertiary/aromatic N) is 1. The number of hydrogen-bond donors (Lipinski definition) is 1. The minimum atomic E-state index is 0.313. The fourth-order valence-corrected chi connectivity index (χ4v) is 3.70. The molecule has 0 aliphatic heterocycles. The molecule has 0 aromatic heterocycles. The second-order valence-electron chi connectivity index (χ2n) is 7.75. The summed E-state index contributed by atoms with van der Waals surface area (Å²) in [5, 5.41) is 3.84. The number of rotatable bonds is 5. The summed E-state index contributed by atoms with van der Waals surface area (Å²) in [6.45, 7) is 10.4. The highest BCUT2D eigenvalue weighted by molar-refractivity contribution is 5.38. The topological polar surface area (TPSA) is 15.3 Å². The van der Waals surface area contributed by atoms with Gasteiger partial charge in [-0.2, -0.15) is 0 Å². The second kappa shape index (κ2) is 6.50. The lowest BCUT2D eigenvalue weighted by Crippen LogP contribution is -2.43. The third-order valence-electron chi connectivity index (χ3n) is 5.13. The molecular weight excluding hydrogens is 256 g/mol. The van der Waals surface area contributed by atoms with E-state index < -0.39 is 0 Å². The predicted octanol–water partition coefficient (Wildman–Crippen LogP) is 3.97. The third kappa shape index (κ3) is 3.67. The van der Waals surface area contributed by atoms with Gasteiger partial charge in [-0.1, -0.05) is 52.0 Å². The monoisotopic (exact) mass is 288 g/mol. The first-order chi connectivity index (χ1) is 9.83. The maximum Gasteiger partial charge on any atom is 0.0324 e. The first-order valence-corrected chi connectivity index (χ1v) is 8.32. The normalized spacial score (nSPS) is 22.4. The molecule has 1 aromatic carbocycles. The van der Waals surface area contributed by atoms with Gasteiger partial charge in [0.1, 0.15) is 0 Å². The van der Waals surface area contributed by atoms with E-state index in [0.29, 0.717) is 23.4 Å². The highest BCUT2D eigenvalue weighted by Gasteiger charge is 2.32. The van der Waals surface area contributed by atoms with Gasteiger partial charge in [0.2, 0.25) is 0 Å². The quantitative estimate of drug-likeness (QED) is 0.882. The van der Waals surface area contributed by atoms with Crippen LogP contribution in [0.5, 0.6) is 0 Å². The summed E-state index contributed by atoms with van der Waals surface area (Å²) >= 11 is 0. The molecule has 2 heteroatoms. The first kappa shape index (κ1) is 16.5. The molecular formula is C19H32N2. The lowest BCUT2D eigenvalue weighted by Gasteiger charge is -2.39. The zero-order valence-electron chi connectivity index (χ0n) is 14.6. The highest BCUT2D eigenvalue weighted by Crippen LogP contribution is 2.41. The molecule has 2 rings (SSSR count). The summed E-state index contributed by atoms with van der Waals surface area (Å²) in [6.07, 6.45) is 2.50. The van der Waals surface area contributed by atoms with Crippen molar-refractivity contribution in [2.75, 3.05) is 20.6 Å². The molecule has 0 radical (unpaired) electrons. The lowest BCUT2D eigenvalue weighted by molar-refractivity contribution is 0.213. The SMILES string of the molecule is CC(C)C(CNC1CCC(C)(C)c2ccccc21)N(C)C. The molecule has 2 nitrogen and oxygen atoms in total. The molecule has 1 aliphatic carbocycles. The molecule has 1 aromatic rings. The zero-order valence-corrected chi connectivity index (χ0v) is 14.6. The maximum absolute atomic E-state index is 3.84. The van der Waals surface area contributed by atoms with Crippen LogP contribution in [-0.4, -0.2) is 31.6 Å². The second-order valence-corrected chi connectivity index (χ2v) is 7.75. The Labute approximate surface area is 130 Å². The fourth-order valence-electron chi connectivity index (χ4n) is 3.70. The summed E-state index contributed by atoms with van der Waals surface area (Å²) in [7, 11) is 4.37. The molecule has 0 fully saturated rings. The largest absolute Gasteiger partial charge is 0.308 e. The van der Waals surface area contributed by atoms with Crippen molar-refractivity contribution in [3.63, 3.8) is 0 Å². The Morgan fingerprint density at radius 3 is 2.52 bits per heavy atom. The van der Waals surface area contributed by atoms with Crippen molar-refractivity contribution in [1.29, 1.82) is 0 Å². The van der Waals surface area contributed by atoms with E-state index in [1.807, 2.05) is 0 Å². The summed E-state index contributed by atoms with van der Waals surface area (Å²) in [5.41, 5.74) is 3.35. The molecule has 0 saturated heterocycles. The average Bonchev–Trinajstić information content (AvgIpc) is 2.41. The number of fused-ring (bicyclic) bond motifs is 1. The molecule has 0 amide bonds. The van der Waals surface area contributed by atoms with E-state index in [2.05, 4.69) is 76.3 Å². The summed E-state index contributed by atoms with van der Waals surface area (Å²) in [6, 6.07) is 10.1. The van der Waals surface area contributed by atoms with Crippen LogP contribution in [0.3, 0.4) is 0 Å². The Balaban J connectivity index is 2.12. The third-order valence-corrected chi connectivity index (χ3v) is 5.13. The van der Waals surface area contributed by atoms with Crippen LogP contribution in [0.25, 0.3) is 0 Å². The van der Waals surface area contributed by atoms with E-state index in [9.17, 15) is 0 Å². The fraction of sp³-hybridized carbons (Fsp3) is 0.684. The number of hydrogen-bond acceptors (Lipinski definition) is 2. The Bertz CT molecular complexity index is 454. The molecule has 2 atom stereocenters. The Morgan fingerprint density at radius 2 is 1.90 bits per heavy atom. The van der Waals surface area contributed by atoms with E-state index in [0.717, 1.165) is 6.54 Å². The van der Waals surface area contributed by atoms with Gasteiger partial charge in [0.25, 0.3) is 0 Å². The smallest absolute Gasteiger partial charge is 0.0324 e. The van der Waals surface area contributed by atoms with Crippen LogP contribution < -0.4 is 5.32 Å². The highest BCUT2D eigenvalue weighted by atomic mass is 15.1. The molecule has 0 spiro atoms. The molecule has 21 heavy (non-hydrogen) atoms. The molecule has 118 valence electrons.